The number of hydrogen-bond donors (Lipinski definition) is 2. The molecule has 0 unspecified atom stereocenters. The third kappa shape index (κ3) is 7.09. The summed E-state index contributed by atoms with van der Waals surface area (Å²) >= 11 is 0. The average molecular weight is 462 g/mol. The standard InChI is InChI=1S/C25H27N5O4/c31-23(26-10-11-30-12-14-33-15-13-30)16-19-6-8-21(9-7-19)29-24(32)20-17-27-25(28-18-20)34-22-4-2-1-3-5-22/h1-9,17-18H,10-16H2,(H,26,31)(H,29,32). The Bertz CT molecular complexity index is 1070. The molecule has 9 heteroatoms. The maximum atomic E-state index is 12.5. The van der Waals surface area contributed by atoms with Crippen LogP contribution in [0, 0.1) is 0 Å². The Morgan fingerprint density at radius 2 is 1.68 bits per heavy atom. The maximum Gasteiger partial charge on any atom is 0.321 e. The summed E-state index contributed by atoms with van der Waals surface area (Å²) in [6.07, 6.45) is 3.11. The van der Waals surface area contributed by atoms with E-state index in [9.17, 15) is 9.59 Å². The molecule has 2 N–H and O–H groups in total. The van der Waals surface area contributed by atoms with Crippen molar-refractivity contribution >= 4 is 17.5 Å². The molecule has 1 saturated heterocycles. The summed E-state index contributed by atoms with van der Waals surface area (Å²) in [5.41, 5.74) is 1.79. The lowest BCUT2D eigenvalue weighted by Crippen LogP contribution is -2.41. The summed E-state index contributed by atoms with van der Waals surface area (Å²) in [5, 5.41) is 5.75. The van der Waals surface area contributed by atoms with Gasteiger partial charge in [-0.15, -0.1) is 0 Å². The molecule has 1 aliphatic heterocycles. The summed E-state index contributed by atoms with van der Waals surface area (Å²) < 4.78 is 10.9. The van der Waals surface area contributed by atoms with Crippen LogP contribution >= 0.6 is 0 Å². The van der Waals surface area contributed by atoms with Gasteiger partial charge in [0.2, 0.25) is 5.91 Å². The van der Waals surface area contributed by atoms with Gasteiger partial charge in [0.15, 0.2) is 0 Å². The predicted molar refractivity (Wildman–Crippen MR) is 127 cm³/mol. The van der Waals surface area contributed by atoms with Crippen molar-refractivity contribution in [1.82, 2.24) is 20.2 Å². The summed E-state index contributed by atoms with van der Waals surface area (Å²) in [4.78, 5) is 35.1. The molecular formula is C25H27N5O4. The van der Waals surface area contributed by atoms with E-state index in [2.05, 4.69) is 25.5 Å². The largest absolute Gasteiger partial charge is 0.424 e. The molecule has 34 heavy (non-hydrogen) atoms. The summed E-state index contributed by atoms with van der Waals surface area (Å²) in [5.74, 6) is 0.255. The SMILES string of the molecule is O=C(Cc1ccc(NC(=O)c2cnc(Oc3ccccc3)nc2)cc1)NCCN1CCOCC1. The monoisotopic (exact) mass is 461 g/mol. The molecule has 4 rings (SSSR count). The quantitative estimate of drug-likeness (QED) is 0.504. The number of morpholine rings is 1. The number of para-hydroxylation sites is 1. The molecule has 0 radical (unpaired) electrons. The first-order valence-corrected chi connectivity index (χ1v) is 11.2. The van der Waals surface area contributed by atoms with Crippen LogP contribution in [-0.2, 0) is 16.0 Å². The van der Waals surface area contributed by atoms with Crippen LogP contribution in [0.4, 0.5) is 5.69 Å². The third-order valence-electron chi connectivity index (χ3n) is 5.27. The van der Waals surface area contributed by atoms with Crippen molar-refractivity contribution < 1.29 is 19.1 Å². The molecule has 0 spiro atoms. The van der Waals surface area contributed by atoms with E-state index in [0.717, 1.165) is 38.4 Å². The molecular weight excluding hydrogens is 434 g/mol. The molecule has 2 amide bonds. The van der Waals surface area contributed by atoms with Crippen molar-refractivity contribution in [3.8, 4) is 11.8 Å². The normalized spacial score (nSPS) is 13.8. The molecule has 2 heterocycles. The molecule has 1 fully saturated rings. The van der Waals surface area contributed by atoms with Crippen molar-refractivity contribution in [2.75, 3.05) is 44.7 Å². The average Bonchev–Trinajstić information content (AvgIpc) is 2.87. The number of amides is 2. The van der Waals surface area contributed by atoms with Crippen LogP contribution in [0.15, 0.2) is 67.0 Å². The number of aromatic nitrogens is 2. The minimum atomic E-state index is -0.333. The molecule has 0 atom stereocenters. The Labute approximate surface area is 198 Å². The van der Waals surface area contributed by atoms with E-state index in [4.69, 9.17) is 9.47 Å². The maximum absolute atomic E-state index is 12.5. The number of nitrogens with one attached hydrogen (secondary N) is 2. The molecule has 9 nitrogen and oxygen atoms in total. The van der Waals surface area contributed by atoms with Gasteiger partial charge < -0.3 is 20.1 Å². The van der Waals surface area contributed by atoms with Crippen LogP contribution in [0.3, 0.4) is 0 Å². The van der Waals surface area contributed by atoms with E-state index < -0.39 is 0 Å². The minimum Gasteiger partial charge on any atom is -0.424 e. The zero-order valence-corrected chi connectivity index (χ0v) is 18.8. The second-order valence-electron chi connectivity index (χ2n) is 7.80. The highest BCUT2D eigenvalue weighted by Crippen LogP contribution is 2.17. The van der Waals surface area contributed by atoms with Gasteiger partial charge in [-0.2, -0.15) is 0 Å². The number of hydrogen-bond acceptors (Lipinski definition) is 7. The van der Waals surface area contributed by atoms with Crippen molar-refractivity contribution in [2.24, 2.45) is 0 Å². The molecule has 0 aliphatic carbocycles. The van der Waals surface area contributed by atoms with Crippen LogP contribution < -0.4 is 15.4 Å². The Kier molecular flexibility index (Phi) is 8.15. The Morgan fingerprint density at radius 1 is 0.971 bits per heavy atom. The first-order valence-electron chi connectivity index (χ1n) is 11.2. The van der Waals surface area contributed by atoms with Crippen molar-refractivity contribution in [1.29, 1.82) is 0 Å². The molecule has 2 aromatic carbocycles. The van der Waals surface area contributed by atoms with Crippen LogP contribution in [0.2, 0.25) is 0 Å². The lowest BCUT2D eigenvalue weighted by Gasteiger charge is -2.26. The van der Waals surface area contributed by atoms with E-state index in [1.165, 1.54) is 12.4 Å². The highest BCUT2D eigenvalue weighted by molar-refractivity contribution is 6.03. The lowest BCUT2D eigenvalue weighted by atomic mass is 10.1. The summed E-state index contributed by atoms with van der Waals surface area (Å²) in [7, 11) is 0. The smallest absolute Gasteiger partial charge is 0.321 e. The molecule has 0 bridgehead atoms. The highest BCUT2D eigenvalue weighted by atomic mass is 16.5. The van der Waals surface area contributed by atoms with Crippen molar-refractivity contribution in [2.45, 2.75) is 6.42 Å². The predicted octanol–water partition coefficient (Wildman–Crippen LogP) is 2.51. The fraction of sp³-hybridized carbons (Fsp3) is 0.280. The van der Waals surface area contributed by atoms with Gasteiger partial charge in [-0.05, 0) is 29.8 Å². The fourth-order valence-corrected chi connectivity index (χ4v) is 3.42. The molecule has 1 aromatic heterocycles. The molecule has 0 saturated carbocycles. The fourth-order valence-electron chi connectivity index (χ4n) is 3.42. The van der Waals surface area contributed by atoms with Crippen LogP contribution in [0.1, 0.15) is 15.9 Å². The van der Waals surface area contributed by atoms with Gasteiger partial charge in [0.25, 0.3) is 5.91 Å². The van der Waals surface area contributed by atoms with Gasteiger partial charge in [-0.25, -0.2) is 9.97 Å². The van der Waals surface area contributed by atoms with Crippen molar-refractivity contribution in [3.05, 3.63) is 78.1 Å². The number of carbonyl (C=O) groups is 2. The molecule has 1 aliphatic rings. The number of benzene rings is 2. The van der Waals surface area contributed by atoms with E-state index in [0.29, 0.717) is 23.5 Å². The van der Waals surface area contributed by atoms with Gasteiger partial charge in [0.05, 0.1) is 25.2 Å². The van der Waals surface area contributed by atoms with E-state index >= 15 is 0 Å². The van der Waals surface area contributed by atoms with Gasteiger partial charge in [0, 0.05) is 44.3 Å². The first-order chi connectivity index (χ1) is 16.7. The lowest BCUT2D eigenvalue weighted by molar-refractivity contribution is -0.120. The van der Waals surface area contributed by atoms with E-state index in [1.54, 1.807) is 24.3 Å². The Balaban J connectivity index is 1.22. The minimum absolute atomic E-state index is 0.0278. The molecule has 3 aromatic rings. The zero-order chi connectivity index (χ0) is 23.6. The van der Waals surface area contributed by atoms with Gasteiger partial charge in [-0.3, -0.25) is 14.5 Å². The van der Waals surface area contributed by atoms with Gasteiger partial charge in [-0.1, -0.05) is 30.3 Å². The van der Waals surface area contributed by atoms with Crippen LogP contribution in [0.25, 0.3) is 0 Å². The van der Waals surface area contributed by atoms with Crippen LogP contribution in [-0.4, -0.2) is 66.1 Å². The number of carbonyl (C=O) groups excluding carboxylic acids is 2. The summed E-state index contributed by atoms with van der Waals surface area (Å²) in [6.45, 7) is 4.74. The Morgan fingerprint density at radius 3 is 2.38 bits per heavy atom. The van der Waals surface area contributed by atoms with Gasteiger partial charge >= 0.3 is 6.01 Å². The Hall–Kier alpha value is -3.82. The van der Waals surface area contributed by atoms with Crippen molar-refractivity contribution in [3.63, 3.8) is 0 Å². The second kappa shape index (κ2) is 11.9. The zero-order valence-electron chi connectivity index (χ0n) is 18.8. The topological polar surface area (TPSA) is 106 Å². The number of rotatable bonds is 9. The summed E-state index contributed by atoms with van der Waals surface area (Å²) in [6, 6.07) is 16.5. The number of anilines is 1. The first kappa shape index (κ1) is 23.3. The van der Waals surface area contributed by atoms with E-state index in [1.807, 2.05) is 30.3 Å². The second-order valence-corrected chi connectivity index (χ2v) is 7.80. The molecule has 176 valence electrons. The van der Waals surface area contributed by atoms with Crippen LogP contribution in [0.5, 0.6) is 11.8 Å². The van der Waals surface area contributed by atoms with Gasteiger partial charge in [0.1, 0.15) is 5.75 Å². The number of ether oxygens (including phenoxy) is 2. The van der Waals surface area contributed by atoms with E-state index in [-0.39, 0.29) is 24.2 Å². The highest BCUT2D eigenvalue weighted by Gasteiger charge is 2.11. The number of nitrogens with zero attached hydrogens (tertiary/aromatic N) is 3. The third-order valence-corrected chi connectivity index (χ3v) is 5.27.